The molecule has 24 nitrogen and oxygen atoms in total. The van der Waals surface area contributed by atoms with Crippen molar-refractivity contribution in [2.24, 2.45) is 47.2 Å². The molecule has 0 aromatic heterocycles. The van der Waals surface area contributed by atoms with Gasteiger partial charge in [-0.25, -0.2) is 0 Å². The first-order valence-electron chi connectivity index (χ1n) is 35.2. The van der Waals surface area contributed by atoms with Crippen molar-refractivity contribution >= 4 is 76.7 Å². The van der Waals surface area contributed by atoms with Crippen LogP contribution < -0.4 is 27.0 Å². The van der Waals surface area contributed by atoms with E-state index >= 15 is 28.8 Å². The number of nitrogens with zero attached hydrogens (tertiary/aromatic N) is 7. The molecular weight excluding hydrogens is 1230 g/mol. The minimum atomic E-state index is -1.23. The molecule has 0 unspecified atom stereocenters. The molecule has 1 saturated heterocycles. The van der Waals surface area contributed by atoms with E-state index in [1.807, 2.05) is 62.3 Å². The van der Waals surface area contributed by atoms with E-state index in [4.69, 9.17) is 5.73 Å². The summed E-state index contributed by atoms with van der Waals surface area (Å²) < 4.78 is 0. The molecule has 1 heterocycles. The highest BCUT2D eigenvalue weighted by molar-refractivity contribution is 7.99. The van der Waals surface area contributed by atoms with E-state index in [2.05, 4.69) is 21.3 Å². The van der Waals surface area contributed by atoms with Gasteiger partial charge in [0.05, 0.1) is 0 Å². The predicted octanol–water partition coefficient (Wildman–Crippen LogP) is 5.51. The van der Waals surface area contributed by atoms with Gasteiger partial charge in [-0.05, 0) is 132 Å². The van der Waals surface area contributed by atoms with Crippen molar-refractivity contribution in [2.45, 2.75) is 267 Å². The van der Waals surface area contributed by atoms with Gasteiger partial charge in [-0.1, -0.05) is 123 Å². The Hall–Kier alpha value is -5.56. The zero-order valence-corrected chi connectivity index (χ0v) is 63.5. The smallest absolute Gasteiger partial charge is 0.246 e. The van der Waals surface area contributed by atoms with Crippen molar-refractivity contribution in [3.63, 3.8) is 0 Å². The van der Waals surface area contributed by atoms with Crippen LogP contribution >= 0.6 is 11.8 Å². The van der Waals surface area contributed by atoms with E-state index in [-0.39, 0.29) is 80.5 Å². The first-order valence-corrected chi connectivity index (χ1v) is 36.4. The molecule has 0 bridgehead atoms. The van der Waals surface area contributed by atoms with Gasteiger partial charge in [0.1, 0.15) is 66.5 Å². The summed E-state index contributed by atoms with van der Waals surface area (Å²) in [7, 11) is 10.4. The summed E-state index contributed by atoms with van der Waals surface area (Å²) >= 11 is 1.39. The highest BCUT2D eigenvalue weighted by Gasteiger charge is 2.45. The number of rotatable bonds is 26. The Kier molecular flexibility index (Phi) is 39.6. The third kappa shape index (κ3) is 27.3. The molecule has 1 aliphatic rings. The number of nitrogens with two attached hydrogens (primary N) is 1. The maximum atomic E-state index is 15.4. The van der Waals surface area contributed by atoms with E-state index < -0.39 is 143 Å². The monoisotopic (exact) mass is 1360 g/mol. The standard InChI is InChI=1S/C70H130N12O12S/c1-24-51-65(89)81(22)57(41-95-36-30-29-35-83)68(92)77(18)53(37-43(4)5)63(87)75-58(46(10)11)69(93)76(17)52(33-32-42(2)3)61(85)72-49(15)60(84)73-50(16)64(88)79(20)55(38-44(6)7)66(90)80(21)56(39-45(8)9)67(91)82(23)59(47(12)13)70(94)78(19)54(62(86)74-51)40-48(14)31-27-25-26-28-34-71/h42-59,83H,24-41,71H2,1-23H3,(H,72,85)(H,73,84)(H,74,86)(H,75,87)/t48-,49-,50+,51-,52-,53+,54-,55+,56-,57-,58-,59-/m1/s1. The molecule has 25 heteroatoms. The van der Waals surface area contributed by atoms with E-state index in [1.54, 1.807) is 34.6 Å². The van der Waals surface area contributed by atoms with Gasteiger partial charge in [0, 0.05) is 61.7 Å². The van der Waals surface area contributed by atoms with Crippen LogP contribution in [0.25, 0.3) is 0 Å². The average Bonchev–Trinajstić information content (AvgIpc) is 0.820. The van der Waals surface area contributed by atoms with Gasteiger partial charge in [0.15, 0.2) is 0 Å². The van der Waals surface area contributed by atoms with Crippen molar-refractivity contribution in [3.05, 3.63) is 0 Å². The molecule has 0 saturated carbocycles. The molecule has 95 heavy (non-hydrogen) atoms. The first kappa shape index (κ1) is 87.5. The van der Waals surface area contributed by atoms with Gasteiger partial charge in [0.25, 0.3) is 0 Å². The van der Waals surface area contributed by atoms with Crippen molar-refractivity contribution in [3.8, 4) is 0 Å². The van der Waals surface area contributed by atoms with Gasteiger partial charge in [0.2, 0.25) is 65.0 Å². The third-order valence-electron chi connectivity index (χ3n) is 18.4. The third-order valence-corrected chi connectivity index (χ3v) is 19.5. The van der Waals surface area contributed by atoms with E-state index in [9.17, 15) is 29.1 Å². The molecule has 548 valence electrons. The Bertz CT molecular complexity index is 2470. The van der Waals surface area contributed by atoms with Crippen molar-refractivity contribution < 1.29 is 57.8 Å². The summed E-state index contributed by atoms with van der Waals surface area (Å²) in [4.78, 5) is 174. The molecule has 1 rings (SSSR count). The molecule has 1 aliphatic heterocycles. The number of carbonyl (C=O) groups excluding carboxylic acids is 11. The second-order valence-electron chi connectivity index (χ2n) is 29.3. The van der Waals surface area contributed by atoms with Gasteiger partial charge in [-0.15, -0.1) is 0 Å². The normalized spacial score (nSPS) is 25.7. The lowest BCUT2D eigenvalue weighted by molar-refractivity contribution is -0.156. The lowest BCUT2D eigenvalue weighted by Gasteiger charge is -2.41. The van der Waals surface area contributed by atoms with Gasteiger partial charge in [-0.3, -0.25) is 52.7 Å². The van der Waals surface area contributed by atoms with Crippen LogP contribution in [-0.2, 0) is 52.7 Å². The Balaban J connectivity index is 4.50. The summed E-state index contributed by atoms with van der Waals surface area (Å²) in [6.07, 6.45) is 6.87. The van der Waals surface area contributed by atoms with Crippen LogP contribution in [-0.4, -0.2) is 245 Å². The fourth-order valence-corrected chi connectivity index (χ4v) is 13.4. The maximum Gasteiger partial charge on any atom is 0.246 e. The molecule has 0 aliphatic carbocycles. The summed E-state index contributed by atoms with van der Waals surface area (Å²) in [5, 5.41) is 21.0. The number of aliphatic hydroxyl groups excluding tert-OH is 1. The van der Waals surface area contributed by atoms with Crippen LogP contribution in [0.3, 0.4) is 0 Å². The lowest BCUT2D eigenvalue weighted by Crippen LogP contribution is -2.62. The second kappa shape index (κ2) is 43.0. The number of nitrogens with one attached hydrogen (secondary N) is 4. The fourth-order valence-electron chi connectivity index (χ4n) is 12.2. The largest absolute Gasteiger partial charge is 0.396 e. The topological polar surface area (TPSA) is 305 Å². The molecule has 0 spiro atoms. The van der Waals surface area contributed by atoms with Crippen molar-refractivity contribution in [2.75, 3.05) is 74.0 Å². The van der Waals surface area contributed by atoms with Crippen LogP contribution in [0.1, 0.15) is 201 Å². The molecule has 11 amide bonds. The van der Waals surface area contributed by atoms with Gasteiger partial charge < -0.3 is 66.4 Å². The van der Waals surface area contributed by atoms with Crippen LogP contribution in [0.4, 0.5) is 0 Å². The summed E-state index contributed by atoms with van der Waals surface area (Å²) in [6, 6.07) is -12.9. The molecular formula is C70H130N12O12S. The number of carbonyl (C=O) groups is 11. The average molecular weight is 1360 g/mol. The molecule has 12 atom stereocenters. The summed E-state index contributed by atoms with van der Waals surface area (Å²) in [5.41, 5.74) is 5.80. The lowest BCUT2D eigenvalue weighted by atomic mass is 9.92. The quantitative estimate of drug-likeness (QED) is 0.0583. The SMILES string of the molecule is CC[C@H]1NC(=O)[C@@H](C[C@H](C)CCCCCCN)N(C)C(=O)[C@@H](C(C)C)N(C)C(=O)[C@@H](CC(C)C)N(C)C(=O)[C@H](CC(C)C)N(C)C(=O)[C@H](C)NC(=O)[C@@H](C)NC(=O)[C@@H](CCC(C)C)N(C)C(=O)[C@@H](C(C)C)NC(=O)[C@H](CC(C)C)N(C)C(=O)[C@@H](CSCCCCO)N(C)C1=O. The van der Waals surface area contributed by atoms with Crippen molar-refractivity contribution in [1.82, 2.24) is 55.6 Å². The number of hydrogen-bond donors (Lipinski definition) is 6. The van der Waals surface area contributed by atoms with Crippen LogP contribution in [0, 0.1) is 41.4 Å². The first-order chi connectivity index (χ1) is 44.2. The Morgan fingerprint density at radius 3 is 1.37 bits per heavy atom. The van der Waals surface area contributed by atoms with E-state index in [0.717, 1.165) is 32.1 Å². The number of hydrogen-bond acceptors (Lipinski definition) is 14. The number of likely N-dealkylation sites (N-methyl/N-ethyl adjacent to an activating group) is 7. The number of amides is 11. The molecule has 0 radical (unpaired) electrons. The molecule has 0 aromatic carbocycles. The van der Waals surface area contributed by atoms with Crippen LogP contribution in [0.2, 0.25) is 0 Å². The minimum absolute atomic E-state index is 0.0329. The molecule has 0 aromatic rings. The Morgan fingerprint density at radius 2 is 0.863 bits per heavy atom. The Morgan fingerprint density at radius 1 is 0.421 bits per heavy atom. The maximum absolute atomic E-state index is 15.4. The number of aliphatic hydroxyl groups is 1. The summed E-state index contributed by atoms with van der Waals surface area (Å²) in [5.74, 6) is -7.57. The number of unbranched alkanes of at least 4 members (excludes halogenated alkanes) is 4. The van der Waals surface area contributed by atoms with Gasteiger partial charge in [-0.2, -0.15) is 11.8 Å². The second-order valence-corrected chi connectivity index (χ2v) is 30.4. The zero-order chi connectivity index (χ0) is 73.0. The van der Waals surface area contributed by atoms with E-state index in [1.165, 1.54) is 109 Å². The zero-order valence-electron chi connectivity index (χ0n) is 62.7. The number of thioether (sulfide) groups is 1. The van der Waals surface area contributed by atoms with Gasteiger partial charge >= 0.3 is 0 Å². The summed E-state index contributed by atoms with van der Waals surface area (Å²) in [6.45, 7) is 29.6. The highest BCUT2D eigenvalue weighted by Crippen LogP contribution is 2.27. The van der Waals surface area contributed by atoms with E-state index in [0.29, 0.717) is 31.6 Å². The fraction of sp³-hybridized carbons (Fsp3) is 0.843. The van der Waals surface area contributed by atoms with Crippen LogP contribution in [0.5, 0.6) is 0 Å². The predicted molar refractivity (Wildman–Crippen MR) is 377 cm³/mol. The minimum Gasteiger partial charge on any atom is -0.396 e. The van der Waals surface area contributed by atoms with Crippen LogP contribution in [0.15, 0.2) is 0 Å². The highest BCUT2D eigenvalue weighted by atomic mass is 32.2. The Labute approximate surface area is 575 Å². The van der Waals surface area contributed by atoms with Crippen molar-refractivity contribution in [1.29, 1.82) is 0 Å². The molecule has 1 fully saturated rings. The molecule has 7 N–H and O–H groups in total.